The standard InChI is InChI=1S/C27H22N6S/c1-15-4-7-21-20(25(15)17-5-8-22-18(12-17)14-30-27(28-3)33-22)10-11-29-26(21)32-19-6-9-24-23(13-19)31-16(2)34-24/h4-14H,1-3H3,(H,29,32)(H,28,30,33). The topological polar surface area (TPSA) is 75.6 Å². The first kappa shape index (κ1) is 20.5. The Labute approximate surface area is 200 Å². The van der Waals surface area contributed by atoms with Gasteiger partial charge in [-0.1, -0.05) is 18.2 Å². The Morgan fingerprint density at radius 1 is 0.824 bits per heavy atom. The van der Waals surface area contributed by atoms with Gasteiger partial charge >= 0.3 is 0 Å². The molecule has 3 aromatic carbocycles. The van der Waals surface area contributed by atoms with Crippen LogP contribution in [0.5, 0.6) is 0 Å². The number of nitrogens with zero attached hydrogens (tertiary/aromatic N) is 4. The molecule has 0 unspecified atom stereocenters. The van der Waals surface area contributed by atoms with Crippen molar-refractivity contribution >= 4 is 60.7 Å². The number of aromatic nitrogens is 4. The third-order valence-corrected chi connectivity index (χ3v) is 6.95. The zero-order valence-electron chi connectivity index (χ0n) is 19.0. The smallest absolute Gasteiger partial charge is 0.222 e. The number of nitrogens with one attached hydrogen (secondary N) is 2. The molecule has 2 N–H and O–H groups in total. The highest BCUT2D eigenvalue weighted by Crippen LogP contribution is 2.36. The van der Waals surface area contributed by atoms with Crippen LogP contribution in [-0.4, -0.2) is 27.0 Å². The van der Waals surface area contributed by atoms with Crippen LogP contribution in [0.15, 0.2) is 67.0 Å². The molecular formula is C27H22N6S. The zero-order valence-corrected chi connectivity index (χ0v) is 19.9. The van der Waals surface area contributed by atoms with Crippen LogP contribution in [0.25, 0.3) is 43.0 Å². The van der Waals surface area contributed by atoms with Crippen molar-refractivity contribution in [2.45, 2.75) is 13.8 Å². The predicted molar refractivity (Wildman–Crippen MR) is 142 cm³/mol. The molecule has 0 amide bonds. The minimum Gasteiger partial charge on any atom is -0.357 e. The lowest BCUT2D eigenvalue weighted by Crippen LogP contribution is -1.97. The molecule has 3 aromatic heterocycles. The summed E-state index contributed by atoms with van der Waals surface area (Å²) >= 11 is 1.71. The van der Waals surface area contributed by atoms with Crippen molar-refractivity contribution in [1.29, 1.82) is 0 Å². The number of hydrogen-bond acceptors (Lipinski definition) is 7. The van der Waals surface area contributed by atoms with Gasteiger partial charge < -0.3 is 10.6 Å². The van der Waals surface area contributed by atoms with E-state index in [0.717, 1.165) is 49.3 Å². The first-order valence-electron chi connectivity index (χ1n) is 11.1. The molecule has 34 heavy (non-hydrogen) atoms. The number of anilines is 3. The van der Waals surface area contributed by atoms with Gasteiger partial charge in [0.1, 0.15) is 5.82 Å². The SMILES string of the molecule is CNc1ncc2cc(-c3c(C)ccc4c(Nc5ccc6sc(C)nc6c5)nccc34)ccc2n1. The van der Waals surface area contributed by atoms with Gasteiger partial charge in [0.25, 0.3) is 0 Å². The molecule has 0 spiro atoms. The van der Waals surface area contributed by atoms with Gasteiger partial charge in [0.2, 0.25) is 5.95 Å². The van der Waals surface area contributed by atoms with Crippen molar-refractivity contribution in [3.8, 4) is 11.1 Å². The van der Waals surface area contributed by atoms with E-state index < -0.39 is 0 Å². The van der Waals surface area contributed by atoms with Crippen LogP contribution in [0, 0.1) is 13.8 Å². The largest absolute Gasteiger partial charge is 0.357 e. The second kappa shape index (κ2) is 8.04. The van der Waals surface area contributed by atoms with E-state index >= 15 is 0 Å². The van der Waals surface area contributed by atoms with Gasteiger partial charge in [-0.05, 0) is 72.3 Å². The Hall–Kier alpha value is -4.10. The van der Waals surface area contributed by atoms with E-state index in [1.54, 1.807) is 11.3 Å². The fraction of sp³-hybridized carbons (Fsp3) is 0.111. The number of hydrogen-bond donors (Lipinski definition) is 2. The highest BCUT2D eigenvalue weighted by Gasteiger charge is 2.13. The van der Waals surface area contributed by atoms with Crippen molar-refractivity contribution in [3.63, 3.8) is 0 Å². The first-order chi connectivity index (χ1) is 16.6. The Morgan fingerprint density at radius 3 is 2.62 bits per heavy atom. The molecule has 0 saturated heterocycles. The normalized spacial score (nSPS) is 11.4. The third-order valence-electron chi connectivity index (χ3n) is 6.00. The van der Waals surface area contributed by atoms with Crippen LogP contribution in [0.1, 0.15) is 10.6 Å². The molecule has 0 fully saturated rings. The van der Waals surface area contributed by atoms with Crippen molar-refractivity contribution in [2.75, 3.05) is 17.7 Å². The number of fused-ring (bicyclic) bond motifs is 3. The Bertz CT molecular complexity index is 1710. The average molecular weight is 463 g/mol. The molecule has 0 atom stereocenters. The van der Waals surface area contributed by atoms with E-state index in [4.69, 9.17) is 0 Å². The number of thiazole rings is 1. The van der Waals surface area contributed by atoms with Crippen LogP contribution in [0.2, 0.25) is 0 Å². The molecule has 0 aliphatic heterocycles. The Kier molecular flexibility index (Phi) is 4.85. The summed E-state index contributed by atoms with van der Waals surface area (Å²) in [5, 5.41) is 10.8. The number of aryl methyl sites for hydroxylation is 2. The van der Waals surface area contributed by atoms with Crippen LogP contribution >= 0.6 is 11.3 Å². The second-order valence-corrected chi connectivity index (χ2v) is 9.50. The van der Waals surface area contributed by atoms with Crippen molar-refractivity contribution in [2.24, 2.45) is 0 Å². The molecular weight excluding hydrogens is 440 g/mol. The fourth-order valence-corrected chi connectivity index (χ4v) is 5.22. The molecule has 6 nitrogen and oxygen atoms in total. The van der Waals surface area contributed by atoms with Gasteiger partial charge in [0.05, 0.1) is 20.7 Å². The Morgan fingerprint density at radius 2 is 1.74 bits per heavy atom. The lowest BCUT2D eigenvalue weighted by Gasteiger charge is -2.15. The number of benzene rings is 3. The predicted octanol–water partition coefficient (Wildman–Crippen LogP) is 6.86. The fourth-order valence-electron chi connectivity index (χ4n) is 4.41. The minimum absolute atomic E-state index is 0.620. The molecule has 6 rings (SSSR count). The van der Waals surface area contributed by atoms with Crippen molar-refractivity contribution < 1.29 is 0 Å². The van der Waals surface area contributed by atoms with Gasteiger partial charge in [-0.15, -0.1) is 11.3 Å². The molecule has 6 aromatic rings. The van der Waals surface area contributed by atoms with E-state index in [0.29, 0.717) is 5.95 Å². The summed E-state index contributed by atoms with van der Waals surface area (Å²) in [5.74, 6) is 1.45. The maximum absolute atomic E-state index is 4.67. The molecule has 0 aliphatic rings. The maximum Gasteiger partial charge on any atom is 0.222 e. The average Bonchev–Trinajstić information content (AvgIpc) is 3.22. The highest BCUT2D eigenvalue weighted by atomic mass is 32.1. The summed E-state index contributed by atoms with van der Waals surface area (Å²) in [5.41, 5.74) is 6.42. The lowest BCUT2D eigenvalue weighted by molar-refractivity contribution is 1.19. The summed E-state index contributed by atoms with van der Waals surface area (Å²) in [6, 6.07) is 19.0. The van der Waals surface area contributed by atoms with E-state index in [1.807, 2.05) is 26.4 Å². The quantitative estimate of drug-likeness (QED) is 0.298. The summed E-state index contributed by atoms with van der Waals surface area (Å²) in [6.07, 6.45) is 3.73. The van der Waals surface area contributed by atoms with Crippen molar-refractivity contribution in [1.82, 2.24) is 19.9 Å². The maximum atomic E-state index is 4.67. The molecule has 0 saturated carbocycles. The minimum atomic E-state index is 0.620. The zero-order chi connectivity index (χ0) is 23.2. The molecule has 166 valence electrons. The van der Waals surface area contributed by atoms with Gasteiger partial charge in [0.15, 0.2) is 0 Å². The van der Waals surface area contributed by atoms with Crippen LogP contribution in [-0.2, 0) is 0 Å². The molecule has 0 radical (unpaired) electrons. The summed E-state index contributed by atoms with van der Waals surface area (Å²) in [4.78, 5) is 18.2. The van der Waals surface area contributed by atoms with Crippen LogP contribution in [0.3, 0.4) is 0 Å². The number of rotatable bonds is 4. The summed E-state index contributed by atoms with van der Waals surface area (Å²) in [6.45, 7) is 4.18. The third kappa shape index (κ3) is 3.50. The van der Waals surface area contributed by atoms with Crippen LogP contribution < -0.4 is 10.6 Å². The Balaban J connectivity index is 1.46. The van der Waals surface area contributed by atoms with Gasteiger partial charge in [0, 0.05) is 35.9 Å². The summed E-state index contributed by atoms with van der Waals surface area (Å²) < 4.78 is 1.19. The summed E-state index contributed by atoms with van der Waals surface area (Å²) in [7, 11) is 1.82. The molecule has 3 heterocycles. The van der Waals surface area contributed by atoms with E-state index in [1.165, 1.54) is 15.8 Å². The van der Waals surface area contributed by atoms with E-state index in [9.17, 15) is 0 Å². The van der Waals surface area contributed by atoms with Crippen molar-refractivity contribution in [3.05, 3.63) is 77.6 Å². The van der Waals surface area contributed by atoms with Crippen LogP contribution in [0.4, 0.5) is 17.5 Å². The number of pyridine rings is 1. The molecule has 7 heteroatoms. The lowest BCUT2D eigenvalue weighted by atomic mass is 9.94. The van der Waals surface area contributed by atoms with E-state index in [2.05, 4.69) is 92.1 Å². The van der Waals surface area contributed by atoms with Gasteiger partial charge in [-0.2, -0.15) is 0 Å². The monoisotopic (exact) mass is 462 g/mol. The molecule has 0 bridgehead atoms. The molecule has 0 aliphatic carbocycles. The highest BCUT2D eigenvalue weighted by molar-refractivity contribution is 7.18. The first-order valence-corrected chi connectivity index (χ1v) is 11.9. The van der Waals surface area contributed by atoms with E-state index in [-0.39, 0.29) is 0 Å². The second-order valence-electron chi connectivity index (χ2n) is 8.27. The van der Waals surface area contributed by atoms with Gasteiger partial charge in [-0.3, -0.25) is 0 Å². The van der Waals surface area contributed by atoms with Gasteiger partial charge in [-0.25, -0.2) is 19.9 Å².